The molecule has 3 heterocycles. The van der Waals surface area contributed by atoms with E-state index in [1.165, 1.54) is 28.6 Å². The van der Waals surface area contributed by atoms with Gasteiger partial charge in [0.05, 0.1) is 18.0 Å². The number of hydrogen-bond donors (Lipinski definition) is 1. The van der Waals surface area contributed by atoms with Crippen molar-refractivity contribution in [2.75, 3.05) is 18.4 Å². The summed E-state index contributed by atoms with van der Waals surface area (Å²) in [6, 6.07) is 2.05. The Bertz CT molecular complexity index is 743. The van der Waals surface area contributed by atoms with Crippen molar-refractivity contribution >= 4 is 11.5 Å². The predicted molar refractivity (Wildman–Crippen MR) is 83.5 cm³/mol. The molecule has 2 aromatic heterocycles. The van der Waals surface area contributed by atoms with Crippen LogP contribution in [0.15, 0.2) is 17.5 Å². The molecular formula is C15H19FN6O. The smallest absolute Gasteiger partial charge is 0.193 e. The van der Waals surface area contributed by atoms with Crippen molar-refractivity contribution < 1.29 is 4.39 Å². The molecule has 4 rings (SSSR count). The van der Waals surface area contributed by atoms with Crippen LogP contribution < -0.4 is 5.32 Å². The molecular weight excluding hydrogens is 299 g/mol. The van der Waals surface area contributed by atoms with E-state index >= 15 is 0 Å². The maximum atomic E-state index is 14.0. The molecule has 0 bridgehead atoms. The molecule has 1 aliphatic heterocycles. The molecule has 1 N–H and O–H groups in total. The number of aromatic nitrogens is 3. The molecule has 1 saturated heterocycles. The second-order valence-corrected chi connectivity index (χ2v) is 6.54. The van der Waals surface area contributed by atoms with Gasteiger partial charge in [0, 0.05) is 30.3 Å². The molecule has 2 unspecified atom stereocenters. The Labute approximate surface area is 132 Å². The van der Waals surface area contributed by atoms with Crippen LogP contribution in [0.1, 0.15) is 37.8 Å². The van der Waals surface area contributed by atoms with Gasteiger partial charge in [-0.1, -0.05) is 6.92 Å². The van der Waals surface area contributed by atoms with Crippen LogP contribution in [0.25, 0.3) is 5.65 Å². The monoisotopic (exact) mass is 318 g/mol. The number of anilines is 1. The maximum absolute atomic E-state index is 14.0. The van der Waals surface area contributed by atoms with Crippen LogP contribution in [-0.4, -0.2) is 38.7 Å². The molecule has 0 radical (unpaired) electrons. The van der Waals surface area contributed by atoms with E-state index in [-0.39, 0.29) is 11.7 Å². The van der Waals surface area contributed by atoms with E-state index in [1.807, 2.05) is 6.07 Å². The summed E-state index contributed by atoms with van der Waals surface area (Å²) in [5.41, 5.74) is 1.14. The first-order chi connectivity index (χ1) is 11.2. The van der Waals surface area contributed by atoms with Crippen molar-refractivity contribution in [2.24, 2.45) is 11.2 Å². The minimum atomic E-state index is -0.416. The van der Waals surface area contributed by atoms with E-state index in [0.29, 0.717) is 24.9 Å². The van der Waals surface area contributed by atoms with Crippen LogP contribution >= 0.6 is 0 Å². The van der Waals surface area contributed by atoms with Gasteiger partial charge in [-0.25, -0.2) is 9.37 Å². The molecule has 122 valence electrons. The zero-order chi connectivity index (χ0) is 16.0. The van der Waals surface area contributed by atoms with Crippen LogP contribution in [0.3, 0.4) is 0 Å². The summed E-state index contributed by atoms with van der Waals surface area (Å²) in [6.07, 6.45) is 4.42. The van der Waals surface area contributed by atoms with Gasteiger partial charge in [-0.15, -0.1) is 4.91 Å². The van der Waals surface area contributed by atoms with E-state index in [0.717, 1.165) is 17.9 Å². The average Bonchev–Trinajstić information content (AvgIpc) is 3.20. The number of nitroso groups, excluding NO2 is 1. The van der Waals surface area contributed by atoms with E-state index in [1.54, 1.807) is 0 Å². The van der Waals surface area contributed by atoms with Crippen molar-refractivity contribution in [3.8, 4) is 0 Å². The fraction of sp³-hybridized carbons (Fsp3) is 0.600. The number of nitrogens with one attached hydrogen (secondary N) is 1. The van der Waals surface area contributed by atoms with Crippen molar-refractivity contribution in [3.05, 3.63) is 28.7 Å². The lowest BCUT2D eigenvalue weighted by Gasteiger charge is -2.17. The van der Waals surface area contributed by atoms with Gasteiger partial charge in [0.1, 0.15) is 5.82 Å². The number of halogens is 1. The summed E-state index contributed by atoms with van der Waals surface area (Å²) in [4.78, 5) is 15.1. The zero-order valence-electron chi connectivity index (χ0n) is 12.9. The lowest BCUT2D eigenvalue weighted by atomic mass is 10.0. The molecule has 7 nitrogen and oxygen atoms in total. The van der Waals surface area contributed by atoms with Crippen LogP contribution in [0, 0.1) is 16.6 Å². The topological polar surface area (TPSA) is 74.9 Å². The summed E-state index contributed by atoms with van der Waals surface area (Å²) in [7, 11) is 0. The van der Waals surface area contributed by atoms with Crippen molar-refractivity contribution in [3.63, 3.8) is 0 Å². The third kappa shape index (κ3) is 2.62. The Kier molecular flexibility index (Phi) is 3.39. The number of hydrogen-bond acceptors (Lipinski definition) is 5. The Morgan fingerprint density at radius 2 is 2.26 bits per heavy atom. The molecule has 23 heavy (non-hydrogen) atoms. The second kappa shape index (κ2) is 5.43. The predicted octanol–water partition coefficient (Wildman–Crippen LogP) is 2.55. The number of rotatable bonds is 5. The molecule has 0 aromatic carbocycles. The minimum Gasteiger partial charge on any atom is -0.365 e. The number of nitrogens with zero attached hydrogens (tertiary/aromatic N) is 5. The second-order valence-electron chi connectivity index (χ2n) is 6.54. The molecule has 2 fully saturated rings. The Morgan fingerprint density at radius 3 is 2.96 bits per heavy atom. The third-order valence-corrected chi connectivity index (χ3v) is 4.88. The lowest BCUT2D eigenvalue weighted by Crippen LogP contribution is -2.24. The minimum absolute atomic E-state index is 0.0923. The lowest BCUT2D eigenvalue weighted by molar-refractivity contribution is 0.352. The van der Waals surface area contributed by atoms with Crippen molar-refractivity contribution in [1.29, 1.82) is 0 Å². The molecule has 2 aliphatic rings. The van der Waals surface area contributed by atoms with Gasteiger partial charge in [0.15, 0.2) is 11.5 Å². The van der Waals surface area contributed by atoms with Crippen LogP contribution in [0.5, 0.6) is 0 Å². The van der Waals surface area contributed by atoms with Crippen LogP contribution in [0.2, 0.25) is 0 Å². The third-order valence-electron chi connectivity index (χ3n) is 4.88. The highest BCUT2D eigenvalue weighted by molar-refractivity contribution is 5.51. The first-order valence-electron chi connectivity index (χ1n) is 8.04. The summed E-state index contributed by atoms with van der Waals surface area (Å²) < 4.78 is 15.5. The Balaban J connectivity index is 1.67. The van der Waals surface area contributed by atoms with Gasteiger partial charge in [0.25, 0.3) is 0 Å². The van der Waals surface area contributed by atoms with Gasteiger partial charge in [-0.05, 0) is 25.2 Å². The van der Waals surface area contributed by atoms with Gasteiger partial charge in [-0.3, -0.25) is 5.01 Å². The van der Waals surface area contributed by atoms with Gasteiger partial charge >= 0.3 is 0 Å². The van der Waals surface area contributed by atoms with Gasteiger partial charge < -0.3 is 5.32 Å². The van der Waals surface area contributed by atoms with Crippen LogP contribution in [0.4, 0.5) is 10.2 Å². The van der Waals surface area contributed by atoms with E-state index in [4.69, 9.17) is 0 Å². The molecule has 1 saturated carbocycles. The Hall–Kier alpha value is -2.25. The standard InChI is InChI=1S/C15H19FN6O/c1-9(10-2-3-10)13-6-14(18-11-4-5-21(8-11)20-23)22-15(19-13)12(16)7-17-22/h6-7,9-11,18H,2-5,8H2,1H3. The highest BCUT2D eigenvalue weighted by Gasteiger charge is 2.31. The average molecular weight is 318 g/mol. The summed E-state index contributed by atoms with van der Waals surface area (Å²) in [5, 5.41) is 11.9. The molecule has 2 atom stereocenters. The van der Waals surface area contributed by atoms with E-state index in [2.05, 4.69) is 27.6 Å². The quantitative estimate of drug-likeness (QED) is 0.858. The van der Waals surface area contributed by atoms with Crippen LogP contribution in [-0.2, 0) is 0 Å². The normalized spacial score (nSPS) is 22.5. The first-order valence-corrected chi connectivity index (χ1v) is 8.04. The Morgan fingerprint density at radius 1 is 1.43 bits per heavy atom. The fourth-order valence-electron chi connectivity index (χ4n) is 3.27. The van der Waals surface area contributed by atoms with Gasteiger partial charge in [0.2, 0.25) is 0 Å². The fourth-order valence-corrected chi connectivity index (χ4v) is 3.27. The zero-order valence-corrected chi connectivity index (χ0v) is 12.9. The largest absolute Gasteiger partial charge is 0.365 e. The van der Waals surface area contributed by atoms with Crippen molar-refractivity contribution in [1.82, 2.24) is 19.6 Å². The summed E-state index contributed by atoms with van der Waals surface area (Å²) in [6.45, 7) is 3.32. The van der Waals surface area contributed by atoms with E-state index in [9.17, 15) is 9.30 Å². The van der Waals surface area contributed by atoms with Crippen molar-refractivity contribution in [2.45, 2.75) is 38.1 Å². The highest BCUT2D eigenvalue weighted by atomic mass is 19.1. The summed E-state index contributed by atoms with van der Waals surface area (Å²) >= 11 is 0. The molecule has 0 amide bonds. The molecule has 1 aliphatic carbocycles. The summed E-state index contributed by atoms with van der Waals surface area (Å²) in [5.74, 6) is 1.26. The van der Waals surface area contributed by atoms with Gasteiger partial charge in [-0.2, -0.15) is 9.61 Å². The molecule has 2 aromatic rings. The first kappa shape index (κ1) is 14.3. The highest BCUT2D eigenvalue weighted by Crippen LogP contribution is 2.42. The maximum Gasteiger partial charge on any atom is 0.193 e. The number of fused-ring (bicyclic) bond motifs is 1. The molecule has 8 heteroatoms. The molecule has 0 spiro atoms. The SMILES string of the molecule is CC(c1cc(NC2CCN(N=O)C2)n2ncc(F)c2n1)C1CC1. The van der Waals surface area contributed by atoms with E-state index < -0.39 is 5.82 Å².